The van der Waals surface area contributed by atoms with Gasteiger partial charge >= 0.3 is 0 Å². The van der Waals surface area contributed by atoms with E-state index in [2.05, 4.69) is 4.98 Å². The first kappa shape index (κ1) is 22.6. The number of amides is 1. The predicted molar refractivity (Wildman–Crippen MR) is 129 cm³/mol. The number of aliphatic hydroxyl groups is 1. The second-order valence-electron chi connectivity index (χ2n) is 7.98. The Morgan fingerprint density at radius 2 is 1.89 bits per heavy atom. The van der Waals surface area contributed by atoms with Crippen LogP contribution in [0.3, 0.4) is 0 Å². The summed E-state index contributed by atoms with van der Waals surface area (Å²) in [5.74, 6) is -0.899. The van der Waals surface area contributed by atoms with E-state index in [-0.39, 0.29) is 28.5 Å². The van der Waals surface area contributed by atoms with Crippen molar-refractivity contribution in [1.29, 1.82) is 0 Å². The Morgan fingerprint density at radius 3 is 2.60 bits per heavy atom. The summed E-state index contributed by atoms with van der Waals surface area (Å²) in [5.41, 5.74) is 1.58. The van der Waals surface area contributed by atoms with Crippen LogP contribution in [0.1, 0.15) is 22.9 Å². The number of aliphatic hydroxyl groups excluding tert-OH is 1. The van der Waals surface area contributed by atoms with Crippen molar-refractivity contribution in [2.45, 2.75) is 12.6 Å². The molecule has 1 unspecified atom stereocenters. The monoisotopic (exact) mass is 492 g/mol. The number of para-hydroxylation sites is 1. The Morgan fingerprint density at radius 1 is 1.11 bits per heavy atom. The van der Waals surface area contributed by atoms with Gasteiger partial charge in [-0.05, 0) is 24.3 Å². The lowest BCUT2D eigenvalue weighted by atomic mass is 9.94. The number of nitrogens with zero attached hydrogens (tertiary/aromatic N) is 1. The number of carbonyl (C=O) groups is 2. The number of halogens is 1. The molecule has 35 heavy (non-hydrogen) atoms. The molecule has 2 aromatic carbocycles. The van der Waals surface area contributed by atoms with E-state index in [9.17, 15) is 14.7 Å². The van der Waals surface area contributed by atoms with Gasteiger partial charge in [0.2, 0.25) is 0 Å². The molecule has 0 aliphatic carbocycles. The summed E-state index contributed by atoms with van der Waals surface area (Å²) < 4.78 is 16.1. The van der Waals surface area contributed by atoms with Gasteiger partial charge in [0.05, 0.1) is 49.2 Å². The molecule has 1 saturated heterocycles. The quantitative estimate of drug-likeness (QED) is 0.221. The fourth-order valence-electron chi connectivity index (χ4n) is 4.45. The van der Waals surface area contributed by atoms with Gasteiger partial charge in [-0.1, -0.05) is 29.8 Å². The van der Waals surface area contributed by atoms with Crippen LogP contribution in [0.25, 0.3) is 16.7 Å². The topological polar surface area (TPSA) is 105 Å². The lowest BCUT2D eigenvalue weighted by molar-refractivity contribution is -0.140. The highest BCUT2D eigenvalue weighted by atomic mass is 35.5. The van der Waals surface area contributed by atoms with Gasteiger partial charge < -0.3 is 28.9 Å². The largest absolute Gasteiger partial charge is 0.507 e. The number of H-pyrrole nitrogens is 1. The van der Waals surface area contributed by atoms with E-state index in [0.29, 0.717) is 17.1 Å². The third-order valence-corrected chi connectivity index (χ3v) is 6.39. The number of aromatic nitrogens is 1. The summed E-state index contributed by atoms with van der Waals surface area (Å²) in [6.45, 7) is 0.0407. The molecule has 1 atom stereocenters. The maximum atomic E-state index is 13.4. The molecule has 0 spiro atoms. The normalized spacial score (nSPS) is 17.3. The number of rotatable bonds is 6. The van der Waals surface area contributed by atoms with Crippen molar-refractivity contribution in [3.05, 3.63) is 88.5 Å². The van der Waals surface area contributed by atoms with Crippen LogP contribution in [-0.4, -0.2) is 40.9 Å². The standard InChI is InChI=1S/C26H21ClN2O6/c1-33-20-11-21(34-2)18(27)10-16(20)24(30)22-23(17-12-28-19-8-4-3-7-15(17)19)29(26(32)25(22)31)13-14-6-5-9-35-14/h3-12,23,28,30H,13H2,1-2H3/b24-22+. The lowest BCUT2D eigenvalue weighted by Crippen LogP contribution is -2.29. The molecular formula is C26H21ClN2O6. The molecule has 2 N–H and O–H groups in total. The number of fused-ring (bicyclic) bond motifs is 1. The van der Waals surface area contributed by atoms with Crippen molar-refractivity contribution in [3.8, 4) is 11.5 Å². The van der Waals surface area contributed by atoms with Crippen LogP contribution in [0.5, 0.6) is 11.5 Å². The number of furan rings is 1. The summed E-state index contributed by atoms with van der Waals surface area (Å²) in [5, 5.41) is 12.5. The zero-order valence-electron chi connectivity index (χ0n) is 18.9. The molecule has 5 rings (SSSR count). The molecule has 1 amide bonds. The van der Waals surface area contributed by atoms with Crippen LogP contribution >= 0.6 is 11.6 Å². The molecule has 0 radical (unpaired) electrons. The maximum Gasteiger partial charge on any atom is 0.296 e. The number of ketones is 1. The van der Waals surface area contributed by atoms with Crippen LogP contribution in [0.2, 0.25) is 5.02 Å². The molecule has 1 aliphatic heterocycles. The van der Waals surface area contributed by atoms with E-state index >= 15 is 0 Å². The van der Waals surface area contributed by atoms with Gasteiger partial charge in [0.1, 0.15) is 23.0 Å². The number of methoxy groups -OCH3 is 2. The zero-order valence-corrected chi connectivity index (χ0v) is 19.6. The zero-order chi connectivity index (χ0) is 24.7. The average molecular weight is 493 g/mol. The number of ether oxygens (including phenoxy) is 2. The number of nitrogens with one attached hydrogen (secondary N) is 1. The summed E-state index contributed by atoms with van der Waals surface area (Å²) in [6.07, 6.45) is 3.23. The fourth-order valence-corrected chi connectivity index (χ4v) is 4.69. The number of benzene rings is 2. The second kappa shape index (κ2) is 8.88. The third kappa shape index (κ3) is 3.72. The van der Waals surface area contributed by atoms with Crippen molar-refractivity contribution < 1.29 is 28.6 Å². The first-order valence-electron chi connectivity index (χ1n) is 10.7. The highest BCUT2D eigenvalue weighted by Gasteiger charge is 2.47. The molecule has 1 fully saturated rings. The van der Waals surface area contributed by atoms with Crippen molar-refractivity contribution in [2.24, 2.45) is 0 Å². The molecular weight excluding hydrogens is 472 g/mol. The number of hydrogen-bond donors (Lipinski definition) is 2. The minimum absolute atomic E-state index is 0.0407. The van der Waals surface area contributed by atoms with E-state index in [4.69, 9.17) is 25.5 Å². The minimum Gasteiger partial charge on any atom is -0.507 e. The molecule has 0 bridgehead atoms. The lowest BCUT2D eigenvalue weighted by Gasteiger charge is -2.24. The Labute approximate surface area is 205 Å². The van der Waals surface area contributed by atoms with Crippen LogP contribution in [0, 0.1) is 0 Å². The van der Waals surface area contributed by atoms with Gasteiger partial charge in [0, 0.05) is 28.7 Å². The van der Waals surface area contributed by atoms with Crippen molar-refractivity contribution in [2.75, 3.05) is 14.2 Å². The molecule has 8 nitrogen and oxygen atoms in total. The van der Waals surface area contributed by atoms with E-state index in [1.807, 2.05) is 24.3 Å². The number of aromatic amines is 1. The summed E-state index contributed by atoms with van der Waals surface area (Å²) in [6, 6.07) is 13.0. The molecule has 2 aromatic heterocycles. The van der Waals surface area contributed by atoms with Crippen molar-refractivity contribution in [1.82, 2.24) is 9.88 Å². The molecule has 178 valence electrons. The van der Waals surface area contributed by atoms with Crippen molar-refractivity contribution in [3.63, 3.8) is 0 Å². The first-order chi connectivity index (χ1) is 16.9. The summed E-state index contributed by atoms with van der Waals surface area (Å²) >= 11 is 6.32. The number of Topliss-reactive ketones (excluding diaryl/α,β-unsaturated/α-hetero) is 1. The van der Waals surface area contributed by atoms with Gasteiger partial charge in [-0.15, -0.1) is 0 Å². The first-order valence-corrected chi connectivity index (χ1v) is 11.1. The highest BCUT2D eigenvalue weighted by Crippen LogP contribution is 2.45. The number of hydrogen-bond acceptors (Lipinski definition) is 6. The third-order valence-electron chi connectivity index (χ3n) is 6.09. The Kier molecular flexibility index (Phi) is 5.74. The van der Waals surface area contributed by atoms with Gasteiger partial charge in [0.25, 0.3) is 11.7 Å². The van der Waals surface area contributed by atoms with Crippen molar-refractivity contribution >= 4 is 40.0 Å². The van der Waals surface area contributed by atoms with E-state index in [1.165, 1.54) is 37.5 Å². The average Bonchev–Trinajstić information content (AvgIpc) is 3.59. The van der Waals surface area contributed by atoms with E-state index in [0.717, 1.165) is 10.9 Å². The van der Waals surface area contributed by atoms with Gasteiger partial charge in [0.15, 0.2) is 0 Å². The van der Waals surface area contributed by atoms with E-state index in [1.54, 1.807) is 18.3 Å². The number of carbonyl (C=O) groups excluding carboxylic acids is 2. The Hall–Kier alpha value is -4.17. The van der Waals surface area contributed by atoms with E-state index < -0.39 is 23.5 Å². The maximum absolute atomic E-state index is 13.4. The molecule has 3 heterocycles. The molecule has 1 aliphatic rings. The van der Waals surface area contributed by atoms with Gasteiger partial charge in [-0.3, -0.25) is 9.59 Å². The summed E-state index contributed by atoms with van der Waals surface area (Å²) in [7, 11) is 2.88. The molecule has 0 saturated carbocycles. The van der Waals surface area contributed by atoms with Crippen LogP contribution in [0.15, 0.2) is 71.0 Å². The second-order valence-corrected chi connectivity index (χ2v) is 8.39. The number of likely N-dealkylation sites (tertiary alicyclic amines) is 1. The van der Waals surface area contributed by atoms with Crippen LogP contribution < -0.4 is 9.47 Å². The smallest absolute Gasteiger partial charge is 0.296 e. The summed E-state index contributed by atoms with van der Waals surface area (Å²) in [4.78, 5) is 31.2. The Balaban J connectivity index is 1.75. The minimum atomic E-state index is -0.887. The fraction of sp³-hybridized carbons (Fsp3) is 0.154. The van der Waals surface area contributed by atoms with Gasteiger partial charge in [-0.2, -0.15) is 0 Å². The molecule has 4 aromatic rings. The highest BCUT2D eigenvalue weighted by molar-refractivity contribution is 6.46. The predicted octanol–water partition coefficient (Wildman–Crippen LogP) is 5.05. The SMILES string of the molecule is COc1cc(OC)c(/C(O)=C2\C(=O)C(=O)N(Cc3ccco3)C2c2c[nH]c3ccccc23)cc1Cl. The van der Waals surface area contributed by atoms with Gasteiger partial charge in [-0.25, -0.2) is 0 Å². The van der Waals surface area contributed by atoms with Crippen LogP contribution in [-0.2, 0) is 16.1 Å². The molecule has 9 heteroatoms. The van der Waals surface area contributed by atoms with Crippen LogP contribution in [0.4, 0.5) is 0 Å². The Bertz CT molecular complexity index is 1470.